The van der Waals surface area contributed by atoms with Gasteiger partial charge < -0.3 is 20.7 Å². The summed E-state index contributed by atoms with van der Waals surface area (Å²) in [6, 6.07) is 27.1. The van der Waals surface area contributed by atoms with Crippen molar-refractivity contribution >= 4 is 62.9 Å². The molecule has 0 aromatic heterocycles. The van der Waals surface area contributed by atoms with E-state index in [9.17, 15) is 18.8 Å². The summed E-state index contributed by atoms with van der Waals surface area (Å²) in [7, 11) is 1.56. The van der Waals surface area contributed by atoms with E-state index in [1.165, 1.54) is 23.9 Å². The fraction of sp³-hybridized carbons (Fsp3) is 0.121. The molecular weight excluding hydrogens is 633 g/mol. The highest BCUT2D eigenvalue weighted by atomic mass is 79.9. The summed E-state index contributed by atoms with van der Waals surface area (Å²) < 4.78 is 20.0. The van der Waals surface area contributed by atoms with Gasteiger partial charge in [0.2, 0.25) is 5.91 Å². The minimum atomic E-state index is -0.537. The van der Waals surface area contributed by atoms with Crippen molar-refractivity contribution in [2.75, 3.05) is 17.7 Å². The molecule has 43 heavy (non-hydrogen) atoms. The van der Waals surface area contributed by atoms with Gasteiger partial charge in [0.1, 0.15) is 17.3 Å². The van der Waals surface area contributed by atoms with Crippen LogP contribution in [0.5, 0.6) is 5.75 Å². The molecule has 0 radical (unpaired) electrons. The first kappa shape index (κ1) is 31.5. The van der Waals surface area contributed by atoms with Crippen molar-refractivity contribution in [3.8, 4) is 5.75 Å². The van der Waals surface area contributed by atoms with Crippen LogP contribution in [0.2, 0.25) is 0 Å². The zero-order valence-electron chi connectivity index (χ0n) is 23.4. The van der Waals surface area contributed by atoms with E-state index in [-0.39, 0.29) is 17.3 Å². The molecule has 0 saturated heterocycles. The van der Waals surface area contributed by atoms with E-state index in [2.05, 4.69) is 31.9 Å². The van der Waals surface area contributed by atoms with Gasteiger partial charge >= 0.3 is 0 Å². The number of carbonyl (C=O) groups excluding carboxylic acids is 3. The highest BCUT2D eigenvalue weighted by Crippen LogP contribution is 2.29. The Kier molecular flexibility index (Phi) is 11.1. The van der Waals surface area contributed by atoms with Crippen LogP contribution in [-0.4, -0.2) is 30.1 Å². The number of hydrogen-bond acceptors (Lipinski definition) is 5. The number of methoxy groups -OCH3 is 1. The second-order valence-corrected chi connectivity index (χ2v) is 11.5. The number of thioether (sulfide) groups is 1. The van der Waals surface area contributed by atoms with Crippen LogP contribution < -0.4 is 20.7 Å². The molecule has 0 spiro atoms. The summed E-state index contributed by atoms with van der Waals surface area (Å²) in [6.45, 7) is 1.87. The Morgan fingerprint density at radius 2 is 1.67 bits per heavy atom. The average Bonchev–Trinajstić information content (AvgIpc) is 3.01. The first-order valence-electron chi connectivity index (χ1n) is 13.3. The highest BCUT2D eigenvalue weighted by Gasteiger charge is 2.20. The standard InChI is InChI=1S/C33H29BrFN3O4S/c1-3-30(33(41)37-28-17-14-23(34)19-27(28)35)43-26-11-7-10-24(20-26)36-32(40)29(18-21-12-15-25(42-2)16-13-21)38-31(39)22-8-5-4-6-9-22/h4-20,30H,3H2,1-2H3,(H,36,40)(H,37,41)(H,38,39)/b29-18+. The monoisotopic (exact) mass is 661 g/mol. The third-order valence-electron chi connectivity index (χ3n) is 6.18. The van der Waals surface area contributed by atoms with E-state index in [0.29, 0.717) is 33.5 Å². The van der Waals surface area contributed by atoms with E-state index < -0.39 is 22.9 Å². The number of hydrogen-bond donors (Lipinski definition) is 3. The van der Waals surface area contributed by atoms with Gasteiger partial charge in [0.15, 0.2) is 0 Å². The van der Waals surface area contributed by atoms with Crippen molar-refractivity contribution < 1.29 is 23.5 Å². The van der Waals surface area contributed by atoms with Crippen LogP contribution in [0.4, 0.5) is 15.8 Å². The number of ether oxygens (including phenoxy) is 1. The summed E-state index contributed by atoms with van der Waals surface area (Å²) in [5.41, 5.74) is 1.70. The molecule has 0 aliphatic heterocycles. The molecule has 10 heteroatoms. The summed E-state index contributed by atoms with van der Waals surface area (Å²) in [6.07, 6.45) is 2.07. The van der Waals surface area contributed by atoms with Crippen LogP contribution in [0.3, 0.4) is 0 Å². The fourth-order valence-electron chi connectivity index (χ4n) is 3.95. The van der Waals surface area contributed by atoms with Crippen molar-refractivity contribution in [1.82, 2.24) is 5.32 Å². The molecule has 0 aliphatic carbocycles. The number of rotatable bonds is 11. The number of carbonyl (C=O) groups is 3. The van der Waals surface area contributed by atoms with Crippen LogP contribution in [0.1, 0.15) is 29.3 Å². The van der Waals surface area contributed by atoms with Gasteiger partial charge in [0.25, 0.3) is 11.8 Å². The minimum absolute atomic E-state index is 0.0411. The van der Waals surface area contributed by atoms with Crippen LogP contribution in [-0.2, 0) is 9.59 Å². The van der Waals surface area contributed by atoms with Gasteiger partial charge in [-0.25, -0.2) is 4.39 Å². The van der Waals surface area contributed by atoms with E-state index in [1.54, 1.807) is 92.0 Å². The molecule has 0 bridgehead atoms. The number of nitrogens with one attached hydrogen (secondary N) is 3. The zero-order chi connectivity index (χ0) is 30.8. The van der Waals surface area contributed by atoms with Gasteiger partial charge in [-0.2, -0.15) is 0 Å². The minimum Gasteiger partial charge on any atom is -0.497 e. The number of amides is 3. The zero-order valence-corrected chi connectivity index (χ0v) is 25.8. The fourth-order valence-corrected chi connectivity index (χ4v) is 5.29. The third kappa shape index (κ3) is 9.04. The van der Waals surface area contributed by atoms with Crippen molar-refractivity contribution in [1.29, 1.82) is 0 Å². The van der Waals surface area contributed by atoms with Crippen LogP contribution >= 0.6 is 27.7 Å². The molecule has 1 unspecified atom stereocenters. The lowest BCUT2D eigenvalue weighted by atomic mass is 10.1. The summed E-state index contributed by atoms with van der Waals surface area (Å²) in [5.74, 6) is -1.18. The normalized spacial score (nSPS) is 11.8. The van der Waals surface area contributed by atoms with Gasteiger partial charge in [0.05, 0.1) is 18.0 Å². The lowest BCUT2D eigenvalue weighted by Crippen LogP contribution is -2.30. The SMILES string of the molecule is CCC(Sc1cccc(NC(=O)/C(=C\c2ccc(OC)cc2)NC(=O)c2ccccc2)c1)C(=O)Nc1ccc(Br)cc1F. The molecule has 4 aromatic rings. The van der Waals surface area contributed by atoms with Gasteiger partial charge in [-0.15, -0.1) is 11.8 Å². The van der Waals surface area contributed by atoms with Crippen molar-refractivity contribution in [3.63, 3.8) is 0 Å². The van der Waals surface area contributed by atoms with Crippen molar-refractivity contribution in [3.05, 3.63) is 124 Å². The maximum absolute atomic E-state index is 14.3. The predicted molar refractivity (Wildman–Crippen MR) is 173 cm³/mol. The summed E-state index contributed by atoms with van der Waals surface area (Å²) >= 11 is 4.51. The number of halogens is 2. The molecule has 220 valence electrons. The molecule has 0 saturated carbocycles. The van der Waals surface area contributed by atoms with Crippen LogP contribution in [0.25, 0.3) is 6.08 Å². The molecule has 1 atom stereocenters. The Morgan fingerprint density at radius 3 is 2.35 bits per heavy atom. The smallest absolute Gasteiger partial charge is 0.272 e. The molecule has 3 N–H and O–H groups in total. The average molecular weight is 663 g/mol. The summed E-state index contributed by atoms with van der Waals surface area (Å²) in [4.78, 5) is 40.0. The van der Waals surface area contributed by atoms with Gasteiger partial charge in [-0.3, -0.25) is 14.4 Å². The number of anilines is 2. The maximum atomic E-state index is 14.3. The highest BCUT2D eigenvalue weighted by molar-refractivity contribution is 9.10. The van der Waals surface area contributed by atoms with Crippen molar-refractivity contribution in [2.45, 2.75) is 23.5 Å². The lowest BCUT2D eigenvalue weighted by molar-refractivity contribution is -0.116. The lowest BCUT2D eigenvalue weighted by Gasteiger charge is -2.16. The molecule has 4 aromatic carbocycles. The Balaban J connectivity index is 1.50. The molecule has 0 aliphatic rings. The van der Waals surface area contributed by atoms with Gasteiger partial charge in [0, 0.05) is 20.6 Å². The Bertz CT molecular complexity index is 1630. The topological polar surface area (TPSA) is 96.5 Å². The van der Waals surface area contributed by atoms with E-state index in [4.69, 9.17) is 4.74 Å². The van der Waals surface area contributed by atoms with E-state index in [1.807, 2.05) is 13.0 Å². The van der Waals surface area contributed by atoms with Crippen molar-refractivity contribution in [2.24, 2.45) is 0 Å². The Labute approximate surface area is 262 Å². The molecule has 7 nitrogen and oxygen atoms in total. The van der Waals surface area contributed by atoms with E-state index in [0.717, 1.165) is 4.90 Å². The molecule has 0 heterocycles. The third-order valence-corrected chi connectivity index (χ3v) is 8.03. The molecular formula is C33H29BrFN3O4S. The molecule has 3 amide bonds. The van der Waals surface area contributed by atoms with Gasteiger partial charge in [-0.05, 0) is 78.7 Å². The predicted octanol–water partition coefficient (Wildman–Crippen LogP) is 7.52. The quantitative estimate of drug-likeness (QED) is 0.114. The molecule has 0 fully saturated rings. The first-order chi connectivity index (χ1) is 20.7. The second kappa shape index (κ2) is 15.2. The van der Waals surface area contributed by atoms with Crippen LogP contribution in [0, 0.1) is 5.82 Å². The maximum Gasteiger partial charge on any atom is 0.272 e. The van der Waals surface area contributed by atoms with Gasteiger partial charge in [-0.1, -0.05) is 59.3 Å². The summed E-state index contributed by atoms with van der Waals surface area (Å²) in [5, 5.41) is 7.70. The largest absolute Gasteiger partial charge is 0.497 e. The van der Waals surface area contributed by atoms with E-state index >= 15 is 0 Å². The second-order valence-electron chi connectivity index (χ2n) is 9.26. The Morgan fingerprint density at radius 1 is 0.930 bits per heavy atom. The number of benzene rings is 4. The molecule has 4 rings (SSSR count). The Hall–Kier alpha value is -4.41. The first-order valence-corrected chi connectivity index (χ1v) is 15.0. The van der Waals surface area contributed by atoms with Crippen LogP contribution in [0.15, 0.2) is 112 Å².